The third-order valence-electron chi connectivity index (χ3n) is 3.87. The summed E-state index contributed by atoms with van der Waals surface area (Å²) in [7, 11) is 0. The zero-order valence-corrected chi connectivity index (χ0v) is 12.2. The summed E-state index contributed by atoms with van der Waals surface area (Å²) in [5, 5.41) is 6.23. The van der Waals surface area contributed by atoms with Crippen LogP contribution in [0, 0.1) is 6.92 Å². The van der Waals surface area contributed by atoms with E-state index in [0.29, 0.717) is 17.6 Å². The van der Waals surface area contributed by atoms with Gasteiger partial charge in [0.05, 0.1) is 0 Å². The van der Waals surface area contributed by atoms with Gasteiger partial charge in [-0.25, -0.2) is 4.98 Å². The van der Waals surface area contributed by atoms with E-state index in [0.717, 1.165) is 31.5 Å². The Labute approximate surface area is 124 Å². The van der Waals surface area contributed by atoms with Crippen molar-refractivity contribution in [1.82, 2.24) is 14.9 Å². The lowest BCUT2D eigenvalue weighted by Crippen LogP contribution is -2.31. The molecule has 3 heterocycles. The summed E-state index contributed by atoms with van der Waals surface area (Å²) in [4.78, 5) is 16.6. The molecule has 110 valence electrons. The Morgan fingerprint density at radius 3 is 2.95 bits per heavy atom. The van der Waals surface area contributed by atoms with Gasteiger partial charge < -0.3 is 15.2 Å². The number of carbonyl (C=O) groups is 1. The lowest BCUT2D eigenvalue weighted by molar-refractivity contribution is 0.101. The molecular weight excluding hydrogens is 264 g/mol. The summed E-state index contributed by atoms with van der Waals surface area (Å²) in [6.07, 6.45) is 5.81. The summed E-state index contributed by atoms with van der Waals surface area (Å²) >= 11 is 0. The van der Waals surface area contributed by atoms with Crippen LogP contribution in [0.5, 0.6) is 0 Å². The third kappa shape index (κ3) is 3.13. The van der Waals surface area contributed by atoms with Crippen molar-refractivity contribution in [2.75, 3.05) is 18.4 Å². The first-order valence-corrected chi connectivity index (χ1v) is 7.35. The number of amides is 1. The fourth-order valence-corrected chi connectivity index (χ4v) is 2.77. The standard InChI is InChI=1S/C16H20N4O/c1-12-4-9-18-15(11-12)19-16(21)14-3-2-10-20(14)13-5-7-17-8-6-13/h2-4,9-11,13,17H,5-8H2,1H3,(H,18,19,21). The number of hydrogen-bond donors (Lipinski definition) is 2. The van der Waals surface area contributed by atoms with Gasteiger partial charge in [0.2, 0.25) is 0 Å². The van der Waals surface area contributed by atoms with Gasteiger partial charge in [-0.1, -0.05) is 0 Å². The number of anilines is 1. The molecule has 0 aromatic carbocycles. The van der Waals surface area contributed by atoms with E-state index in [1.807, 2.05) is 37.4 Å². The molecule has 0 aliphatic carbocycles. The number of nitrogens with zero attached hydrogens (tertiary/aromatic N) is 2. The topological polar surface area (TPSA) is 59.0 Å². The van der Waals surface area contributed by atoms with E-state index in [9.17, 15) is 4.79 Å². The molecular formula is C16H20N4O. The van der Waals surface area contributed by atoms with Gasteiger partial charge in [0.25, 0.3) is 5.91 Å². The van der Waals surface area contributed by atoms with Gasteiger partial charge in [0, 0.05) is 18.4 Å². The number of aromatic nitrogens is 2. The van der Waals surface area contributed by atoms with Gasteiger partial charge in [0.1, 0.15) is 11.5 Å². The van der Waals surface area contributed by atoms with Crippen LogP contribution in [-0.4, -0.2) is 28.5 Å². The monoisotopic (exact) mass is 284 g/mol. The Bertz CT molecular complexity index is 629. The van der Waals surface area contributed by atoms with Crippen molar-refractivity contribution < 1.29 is 4.79 Å². The highest BCUT2D eigenvalue weighted by Crippen LogP contribution is 2.21. The van der Waals surface area contributed by atoms with Gasteiger partial charge in [-0.3, -0.25) is 4.79 Å². The summed E-state index contributed by atoms with van der Waals surface area (Å²) in [6.45, 7) is 3.99. The molecule has 1 fully saturated rings. The summed E-state index contributed by atoms with van der Waals surface area (Å²) in [5.74, 6) is 0.495. The van der Waals surface area contributed by atoms with E-state index in [-0.39, 0.29) is 5.91 Å². The molecule has 21 heavy (non-hydrogen) atoms. The first kappa shape index (κ1) is 13.8. The predicted molar refractivity (Wildman–Crippen MR) is 82.5 cm³/mol. The van der Waals surface area contributed by atoms with Crippen LogP contribution in [-0.2, 0) is 0 Å². The van der Waals surface area contributed by atoms with Crippen LogP contribution in [0.3, 0.4) is 0 Å². The Morgan fingerprint density at radius 2 is 2.19 bits per heavy atom. The molecule has 1 aliphatic rings. The molecule has 1 saturated heterocycles. The zero-order valence-electron chi connectivity index (χ0n) is 12.2. The number of rotatable bonds is 3. The molecule has 0 unspecified atom stereocenters. The maximum atomic E-state index is 12.5. The van der Waals surface area contributed by atoms with Crippen LogP contribution in [0.15, 0.2) is 36.7 Å². The number of pyridine rings is 1. The Kier molecular flexibility index (Phi) is 4.01. The van der Waals surface area contributed by atoms with E-state index in [2.05, 4.69) is 20.2 Å². The van der Waals surface area contributed by atoms with E-state index >= 15 is 0 Å². The van der Waals surface area contributed by atoms with E-state index < -0.39 is 0 Å². The number of nitrogens with one attached hydrogen (secondary N) is 2. The molecule has 2 aromatic rings. The first-order valence-electron chi connectivity index (χ1n) is 7.35. The molecule has 1 amide bonds. The zero-order chi connectivity index (χ0) is 14.7. The van der Waals surface area contributed by atoms with Crippen LogP contribution < -0.4 is 10.6 Å². The molecule has 1 aliphatic heterocycles. The molecule has 2 N–H and O–H groups in total. The van der Waals surface area contributed by atoms with Gasteiger partial charge in [-0.2, -0.15) is 0 Å². The van der Waals surface area contributed by atoms with Crippen molar-refractivity contribution in [2.24, 2.45) is 0 Å². The Morgan fingerprint density at radius 1 is 1.38 bits per heavy atom. The average molecular weight is 284 g/mol. The SMILES string of the molecule is Cc1ccnc(NC(=O)c2cccn2C2CCNCC2)c1. The third-order valence-corrected chi connectivity index (χ3v) is 3.87. The highest BCUT2D eigenvalue weighted by molar-refractivity contribution is 6.02. The normalized spacial score (nSPS) is 15.9. The minimum Gasteiger partial charge on any atom is -0.340 e. The van der Waals surface area contributed by atoms with Crippen molar-refractivity contribution in [3.63, 3.8) is 0 Å². The lowest BCUT2D eigenvalue weighted by Gasteiger charge is -2.25. The molecule has 0 radical (unpaired) electrons. The molecule has 0 spiro atoms. The fourth-order valence-electron chi connectivity index (χ4n) is 2.77. The molecule has 5 nitrogen and oxygen atoms in total. The molecule has 3 rings (SSSR count). The molecule has 0 saturated carbocycles. The smallest absolute Gasteiger partial charge is 0.273 e. The minimum atomic E-state index is -0.100. The van der Waals surface area contributed by atoms with Crippen molar-refractivity contribution >= 4 is 11.7 Å². The maximum Gasteiger partial charge on any atom is 0.273 e. The predicted octanol–water partition coefficient (Wildman–Crippen LogP) is 2.37. The minimum absolute atomic E-state index is 0.100. The first-order chi connectivity index (χ1) is 10.2. The fraction of sp³-hybridized carbons (Fsp3) is 0.375. The second-order valence-corrected chi connectivity index (χ2v) is 5.45. The highest BCUT2D eigenvalue weighted by Gasteiger charge is 2.20. The van der Waals surface area contributed by atoms with Crippen LogP contribution in [0.1, 0.15) is 34.9 Å². The maximum absolute atomic E-state index is 12.5. The number of carbonyl (C=O) groups excluding carboxylic acids is 1. The Balaban J connectivity index is 1.77. The van der Waals surface area contributed by atoms with E-state index in [1.54, 1.807) is 6.20 Å². The van der Waals surface area contributed by atoms with Crippen LogP contribution in [0.2, 0.25) is 0 Å². The number of aryl methyl sites for hydroxylation is 1. The molecule has 0 bridgehead atoms. The highest BCUT2D eigenvalue weighted by atomic mass is 16.2. The summed E-state index contributed by atoms with van der Waals surface area (Å²) < 4.78 is 2.09. The quantitative estimate of drug-likeness (QED) is 0.909. The van der Waals surface area contributed by atoms with Gasteiger partial charge in [0.15, 0.2) is 0 Å². The van der Waals surface area contributed by atoms with Crippen LogP contribution >= 0.6 is 0 Å². The number of hydrogen-bond acceptors (Lipinski definition) is 3. The van der Waals surface area contributed by atoms with Gasteiger partial charge in [-0.05, 0) is 62.7 Å². The second-order valence-electron chi connectivity index (χ2n) is 5.45. The van der Waals surface area contributed by atoms with E-state index in [4.69, 9.17) is 0 Å². The Hall–Kier alpha value is -2.14. The van der Waals surface area contributed by atoms with Crippen LogP contribution in [0.25, 0.3) is 0 Å². The second kappa shape index (κ2) is 6.10. The van der Waals surface area contributed by atoms with Crippen molar-refractivity contribution in [3.05, 3.63) is 47.9 Å². The average Bonchev–Trinajstić information content (AvgIpc) is 2.98. The summed E-state index contributed by atoms with van der Waals surface area (Å²) in [5.41, 5.74) is 1.78. The number of piperidine rings is 1. The van der Waals surface area contributed by atoms with Crippen LogP contribution in [0.4, 0.5) is 5.82 Å². The van der Waals surface area contributed by atoms with Crippen molar-refractivity contribution in [2.45, 2.75) is 25.8 Å². The van der Waals surface area contributed by atoms with Crippen molar-refractivity contribution in [1.29, 1.82) is 0 Å². The molecule has 5 heteroatoms. The lowest BCUT2D eigenvalue weighted by atomic mass is 10.1. The van der Waals surface area contributed by atoms with Crippen molar-refractivity contribution in [3.8, 4) is 0 Å². The molecule has 2 aromatic heterocycles. The van der Waals surface area contributed by atoms with E-state index in [1.165, 1.54) is 0 Å². The van der Waals surface area contributed by atoms with Gasteiger partial charge in [-0.15, -0.1) is 0 Å². The largest absolute Gasteiger partial charge is 0.340 e. The molecule has 0 atom stereocenters. The van der Waals surface area contributed by atoms with Gasteiger partial charge >= 0.3 is 0 Å². The summed E-state index contributed by atoms with van der Waals surface area (Å²) in [6, 6.07) is 7.98.